The third-order valence-electron chi connectivity index (χ3n) is 3.77. The fourth-order valence-corrected chi connectivity index (χ4v) is 3.80. The molecule has 0 aromatic carbocycles. The van der Waals surface area contributed by atoms with E-state index >= 15 is 0 Å². The average molecular weight is 282 g/mol. The molecule has 1 aliphatic rings. The molecular weight excluding hydrogens is 262 g/mol. The normalized spacial score (nSPS) is 26.9. The molecule has 88 valence electrons. The molecule has 0 aliphatic heterocycles. The van der Waals surface area contributed by atoms with Gasteiger partial charge in [0.25, 0.3) is 0 Å². The Balaban J connectivity index is 1.96. The first kappa shape index (κ1) is 12.1. The van der Waals surface area contributed by atoms with Crippen LogP contribution in [0.3, 0.4) is 0 Å². The zero-order chi connectivity index (χ0) is 11.5. The Hall–Kier alpha value is -0.370. The van der Waals surface area contributed by atoms with Gasteiger partial charge in [0, 0.05) is 23.1 Å². The van der Waals surface area contributed by atoms with Crippen LogP contribution in [0.4, 0.5) is 0 Å². The Labute approximate surface area is 107 Å². The quantitative estimate of drug-likeness (QED) is 0.759. The van der Waals surface area contributed by atoms with Crippen LogP contribution >= 0.6 is 15.9 Å². The summed E-state index contributed by atoms with van der Waals surface area (Å²) in [6, 6.07) is 4.31. The standard InChI is InChI=1S/C14H20BrN/c1-10-6-7-12(16-9-10)8-14(15)13-5-3-4-11(13)2/h6-7,9,11,13-14H,3-5,8H2,1-2H3. The van der Waals surface area contributed by atoms with Gasteiger partial charge in [0.2, 0.25) is 0 Å². The highest BCUT2D eigenvalue weighted by molar-refractivity contribution is 9.09. The number of halogens is 1. The van der Waals surface area contributed by atoms with Crippen molar-refractivity contribution < 1.29 is 0 Å². The van der Waals surface area contributed by atoms with E-state index in [1.165, 1.54) is 30.5 Å². The highest BCUT2D eigenvalue weighted by Gasteiger charge is 2.29. The van der Waals surface area contributed by atoms with E-state index in [4.69, 9.17) is 0 Å². The topological polar surface area (TPSA) is 12.9 Å². The van der Waals surface area contributed by atoms with E-state index in [1.54, 1.807) is 0 Å². The summed E-state index contributed by atoms with van der Waals surface area (Å²) in [5.74, 6) is 1.71. The van der Waals surface area contributed by atoms with E-state index in [2.05, 4.69) is 46.9 Å². The molecule has 1 heterocycles. The lowest BCUT2D eigenvalue weighted by molar-refractivity contribution is 0.406. The molecule has 0 bridgehead atoms. The summed E-state index contributed by atoms with van der Waals surface area (Å²) in [6.07, 6.45) is 7.20. The maximum atomic E-state index is 4.48. The summed E-state index contributed by atoms with van der Waals surface area (Å²) in [4.78, 5) is 5.08. The van der Waals surface area contributed by atoms with Gasteiger partial charge in [0.1, 0.15) is 0 Å². The molecular formula is C14H20BrN. The number of alkyl halides is 1. The molecule has 2 rings (SSSR count). The largest absolute Gasteiger partial charge is 0.261 e. The summed E-state index contributed by atoms with van der Waals surface area (Å²) >= 11 is 3.86. The molecule has 1 fully saturated rings. The van der Waals surface area contributed by atoms with Crippen molar-refractivity contribution in [2.45, 2.75) is 44.4 Å². The van der Waals surface area contributed by atoms with Crippen molar-refractivity contribution in [1.29, 1.82) is 0 Å². The van der Waals surface area contributed by atoms with E-state index < -0.39 is 0 Å². The van der Waals surface area contributed by atoms with Gasteiger partial charge in [0.15, 0.2) is 0 Å². The number of rotatable bonds is 3. The lowest BCUT2D eigenvalue weighted by atomic mass is 9.92. The summed E-state index contributed by atoms with van der Waals surface area (Å²) < 4.78 is 0. The van der Waals surface area contributed by atoms with Crippen molar-refractivity contribution in [2.24, 2.45) is 11.8 Å². The Morgan fingerprint density at radius 2 is 2.25 bits per heavy atom. The molecule has 0 N–H and O–H groups in total. The number of hydrogen-bond acceptors (Lipinski definition) is 1. The van der Waals surface area contributed by atoms with Crippen LogP contribution in [-0.4, -0.2) is 9.81 Å². The zero-order valence-corrected chi connectivity index (χ0v) is 11.7. The van der Waals surface area contributed by atoms with Gasteiger partial charge in [-0.15, -0.1) is 0 Å². The van der Waals surface area contributed by atoms with E-state index in [0.29, 0.717) is 4.83 Å². The first-order chi connectivity index (χ1) is 7.66. The van der Waals surface area contributed by atoms with Crippen molar-refractivity contribution in [2.75, 3.05) is 0 Å². The summed E-state index contributed by atoms with van der Waals surface area (Å²) in [5.41, 5.74) is 2.45. The highest BCUT2D eigenvalue weighted by Crippen LogP contribution is 2.37. The van der Waals surface area contributed by atoms with Gasteiger partial charge >= 0.3 is 0 Å². The molecule has 0 saturated heterocycles. The van der Waals surface area contributed by atoms with Gasteiger partial charge in [-0.3, -0.25) is 4.98 Å². The molecule has 1 aliphatic carbocycles. The molecule has 3 atom stereocenters. The first-order valence-electron chi connectivity index (χ1n) is 6.22. The molecule has 0 radical (unpaired) electrons. The second-order valence-electron chi connectivity index (χ2n) is 5.12. The molecule has 1 aromatic heterocycles. The van der Waals surface area contributed by atoms with Crippen LogP contribution in [-0.2, 0) is 6.42 Å². The van der Waals surface area contributed by atoms with E-state index in [-0.39, 0.29) is 0 Å². The molecule has 1 saturated carbocycles. The zero-order valence-electron chi connectivity index (χ0n) is 10.1. The molecule has 0 spiro atoms. The van der Waals surface area contributed by atoms with Gasteiger partial charge in [-0.2, -0.15) is 0 Å². The van der Waals surface area contributed by atoms with Crippen molar-refractivity contribution in [3.63, 3.8) is 0 Å². The number of hydrogen-bond donors (Lipinski definition) is 0. The van der Waals surface area contributed by atoms with Gasteiger partial charge in [-0.25, -0.2) is 0 Å². The van der Waals surface area contributed by atoms with Crippen molar-refractivity contribution in [3.8, 4) is 0 Å². The molecule has 0 amide bonds. The molecule has 1 nitrogen and oxygen atoms in total. The Bertz CT molecular complexity index is 333. The third kappa shape index (κ3) is 2.85. The van der Waals surface area contributed by atoms with Gasteiger partial charge < -0.3 is 0 Å². The highest BCUT2D eigenvalue weighted by atomic mass is 79.9. The van der Waals surface area contributed by atoms with Crippen LogP contribution in [0.1, 0.15) is 37.4 Å². The van der Waals surface area contributed by atoms with Gasteiger partial charge in [0.05, 0.1) is 0 Å². The van der Waals surface area contributed by atoms with Gasteiger partial charge in [-0.05, 0) is 36.8 Å². The third-order valence-corrected chi connectivity index (χ3v) is 4.77. The number of pyridine rings is 1. The van der Waals surface area contributed by atoms with Crippen LogP contribution in [0.25, 0.3) is 0 Å². The molecule has 1 aromatic rings. The van der Waals surface area contributed by atoms with Gasteiger partial charge in [-0.1, -0.05) is 41.8 Å². The lowest BCUT2D eigenvalue weighted by Crippen LogP contribution is -2.19. The Kier molecular flexibility index (Phi) is 4.01. The van der Waals surface area contributed by atoms with E-state index in [9.17, 15) is 0 Å². The predicted molar refractivity (Wildman–Crippen MR) is 71.9 cm³/mol. The number of aryl methyl sites for hydroxylation is 1. The second kappa shape index (κ2) is 5.31. The fraction of sp³-hybridized carbons (Fsp3) is 0.643. The molecule has 16 heavy (non-hydrogen) atoms. The van der Waals surface area contributed by atoms with Crippen LogP contribution in [0.5, 0.6) is 0 Å². The second-order valence-corrected chi connectivity index (χ2v) is 6.30. The predicted octanol–water partition coefficient (Wildman–Crippen LogP) is 4.13. The first-order valence-corrected chi connectivity index (χ1v) is 7.14. The SMILES string of the molecule is Cc1ccc(CC(Br)C2CCCC2C)nc1. The minimum atomic E-state index is 0.597. The summed E-state index contributed by atoms with van der Waals surface area (Å²) in [6.45, 7) is 4.47. The summed E-state index contributed by atoms with van der Waals surface area (Å²) in [5, 5.41) is 0. The number of nitrogens with zero attached hydrogens (tertiary/aromatic N) is 1. The van der Waals surface area contributed by atoms with Crippen LogP contribution in [0.15, 0.2) is 18.3 Å². The number of aromatic nitrogens is 1. The molecule has 2 heteroatoms. The maximum Gasteiger partial charge on any atom is 0.0415 e. The smallest absolute Gasteiger partial charge is 0.0415 e. The fourth-order valence-electron chi connectivity index (χ4n) is 2.68. The van der Waals surface area contributed by atoms with Crippen molar-refractivity contribution in [1.82, 2.24) is 4.98 Å². The van der Waals surface area contributed by atoms with Crippen molar-refractivity contribution in [3.05, 3.63) is 29.6 Å². The Morgan fingerprint density at radius 1 is 1.44 bits per heavy atom. The lowest BCUT2D eigenvalue weighted by Gasteiger charge is -2.21. The van der Waals surface area contributed by atoms with E-state index in [1.807, 2.05) is 6.20 Å². The monoisotopic (exact) mass is 281 g/mol. The van der Waals surface area contributed by atoms with E-state index in [0.717, 1.165) is 18.3 Å². The van der Waals surface area contributed by atoms with Crippen LogP contribution in [0.2, 0.25) is 0 Å². The summed E-state index contributed by atoms with van der Waals surface area (Å²) in [7, 11) is 0. The van der Waals surface area contributed by atoms with Crippen LogP contribution < -0.4 is 0 Å². The average Bonchev–Trinajstić information content (AvgIpc) is 2.68. The molecule has 3 unspecified atom stereocenters. The minimum absolute atomic E-state index is 0.597. The maximum absolute atomic E-state index is 4.48. The van der Waals surface area contributed by atoms with Crippen molar-refractivity contribution >= 4 is 15.9 Å². The van der Waals surface area contributed by atoms with Crippen LogP contribution in [0, 0.1) is 18.8 Å². The Morgan fingerprint density at radius 3 is 2.81 bits per heavy atom. The minimum Gasteiger partial charge on any atom is -0.261 e.